The number of hydrogen-bond donors (Lipinski definition) is 2. The molecule has 0 radical (unpaired) electrons. The van der Waals surface area contributed by atoms with E-state index in [1.165, 1.54) is 22.3 Å². The normalized spacial score (nSPS) is 19.5. The molecule has 0 saturated carbocycles. The van der Waals surface area contributed by atoms with E-state index < -0.39 is 0 Å². The third kappa shape index (κ3) is 8.21. The topological polar surface area (TPSA) is 46.9 Å². The molecule has 2 N–H and O–H groups in total. The van der Waals surface area contributed by atoms with Gasteiger partial charge in [0.05, 0.1) is 0 Å². The van der Waals surface area contributed by atoms with Gasteiger partial charge in [-0.15, -0.1) is 0 Å². The first kappa shape index (κ1) is 36.4. The van der Waals surface area contributed by atoms with Gasteiger partial charge in [-0.3, -0.25) is 9.80 Å². The van der Waals surface area contributed by atoms with Crippen LogP contribution < -0.4 is 0 Å². The lowest BCUT2D eigenvalue weighted by Crippen LogP contribution is -2.55. The Balaban J connectivity index is 1.81. The fourth-order valence-electron chi connectivity index (χ4n) is 8.50. The third-order valence-corrected chi connectivity index (χ3v) is 10.2. The fourth-order valence-corrected chi connectivity index (χ4v) is 8.50. The van der Waals surface area contributed by atoms with Gasteiger partial charge in [0, 0.05) is 49.4 Å². The Kier molecular flexibility index (Phi) is 10.5. The molecule has 248 valence electrons. The summed E-state index contributed by atoms with van der Waals surface area (Å²) in [4.78, 5) is 5.18. The molecule has 0 aromatic heterocycles. The molecule has 2 aromatic carbocycles. The van der Waals surface area contributed by atoms with Gasteiger partial charge in [-0.05, 0) is 109 Å². The third-order valence-electron chi connectivity index (χ3n) is 10.2. The van der Waals surface area contributed by atoms with Crippen molar-refractivity contribution in [1.82, 2.24) is 9.80 Å². The number of aryl methyl sites for hydroxylation is 2. The summed E-state index contributed by atoms with van der Waals surface area (Å²) in [5.74, 6) is 0.943. The first-order valence-electron chi connectivity index (χ1n) is 17.0. The monoisotopic (exact) mass is 607 g/mol. The molecule has 4 heteroatoms. The number of phenols is 2. The second-order valence-electron chi connectivity index (χ2n) is 18.2. The van der Waals surface area contributed by atoms with Gasteiger partial charge in [0.2, 0.25) is 0 Å². The zero-order valence-corrected chi connectivity index (χ0v) is 31.3. The molecule has 1 aliphatic rings. The first-order chi connectivity index (χ1) is 19.8. The van der Waals surface area contributed by atoms with E-state index >= 15 is 0 Å². The van der Waals surface area contributed by atoms with Gasteiger partial charge in [-0.1, -0.05) is 81.4 Å². The van der Waals surface area contributed by atoms with Crippen molar-refractivity contribution in [2.24, 2.45) is 10.8 Å². The van der Waals surface area contributed by atoms with Gasteiger partial charge in [-0.2, -0.15) is 0 Å². The molecular formula is C40H66N2O2. The van der Waals surface area contributed by atoms with E-state index in [1.54, 1.807) is 0 Å². The number of nitrogens with zero attached hydrogens (tertiary/aromatic N) is 2. The van der Waals surface area contributed by atoms with Gasteiger partial charge in [0.1, 0.15) is 11.5 Å². The maximum atomic E-state index is 11.4. The second-order valence-corrected chi connectivity index (χ2v) is 18.2. The van der Waals surface area contributed by atoms with Crippen molar-refractivity contribution < 1.29 is 10.2 Å². The van der Waals surface area contributed by atoms with Crippen molar-refractivity contribution in [3.05, 3.63) is 56.6 Å². The summed E-state index contributed by atoms with van der Waals surface area (Å²) in [6.07, 6.45) is 2.02. The zero-order chi connectivity index (χ0) is 33.7. The maximum Gasteiger partial charge on any atom is 0.122 e. The molecule has 1 saturated heterocycles. The first-order valence-corrected chi connectivity index (χ1v) is 17.0. The van der Waals surface area contributed by atoms with Crippen molar-refractivity contribution in [1.29, 1.82) is 0 Å². The fraction of sp³-hybridized carbons (Fsp3) is 0.700. The van der Waals surface area contributed by atoms with Crippen LogP contribution in [0.25, 0.3) is 0 Å². The second kappa shape index (κ2) is 12.6. The van der Waals surface area contributed by atoms with Crippen molar-refractivity contribution in [3.63, 3.8) is 0 Å². The van der Waals surface area contributed by atoms with Crippen molar-refractivity contribution >= 4 is 0 Å². The quantitative estimate of drug-likeness (QED) is 0.314. The minimum Gasteiger partial charge on any atom is -0.507 e. The Labute approximate surface area is 271 Å². The summed E-state index contributed by atoms with van der Waals surface area (Å²) >= 11 is 0. The zero-order valence-electron chi connectivity index (χ0n) is 31.3. The number of piperazine rings is 1. The highest BCUT2D eigenvalue weighted by atomic mass is 16.3. The lowest BCUT2D eigenvalue weighted by atomic mass is 9.71. The summed E-state index contributed by atoms with van der Waals surface area (Å²) in [5.41, 5.74) is 9.42. The standard InChI is InChI=1S/C40H66N2O2/c1-25-17-33(39(13,14)23-37(7,8)9)35(43)29(5)31(25)21-41-19-28(4)42(20-27(41)3)22-32-26(2)18-34(36(44)30(32)6)40(15,16)24-38(10,11)12/h17-18,27-28,43-44H,19-24H2,1-16H3. The Morgan fingerprint density at radius 1 is 0.591 bits per heavy atom. The Morgan fingerprint density at radius 3 is 1.16 bits per heavy atom. The average Bonchev–Trinajstić information content (AvgIpc) is 2.83. The summed E-state index contributed by atoms with van der Waals surface area (Å²) in [6, 6.07) is 5.25. The molecule has 4 nitrogen and oxygen atoms in total. The predicted molar refractivity (Wildman–Crippen MR) is 189 cm³/mol. The maximum absolute atomic E-state index is 11.4. The molecule has 0 spiro atoms. The Hall–Kier alpha value is -2.04. The van der Waals surface area contributed by atoms with Gasteiger partial charge in [0.25, 0.3) is 0 Å². The van der Waals surface area contributed by atoms with Crippen LogP contribution in [0.3, 0.4) is 0 Å². The lowest BCUT2D eigenvalue weighted by molar-refractivity contribution is 0.0323. The summed E-state index contributed by atoms with van der Waals surface area (Å²) < 4.78 is 0. The van der Waals surface area contributed by atoms with Gasteiger partial charge < -0.3 is 10.2 Å². The van der Waals surface area contributed by atoms with Crippen molar-refractivity contribution in [2.45, 2.75) is 160 Å². The molecular weight excluding hydrogens is 540 g/mol. The van der Waals surface area contributed by atoms with Crippen LogP contribution >= 0.6 is 0 Å². The summed E-state index contributed by atoms with van der Waals surface area (Å²) in [5, 5.41) is 22.9. The number of phenolic OH excluding ortho intramolecular Hbond substituents is 2. The van der Waals surface area contributed by atoms with E-state index in [-0.39, 0.29) is 21.7 Å². The molecule has 2 atom stereocenters. The average molecular weight is 607 g/mol. The summed E-state index contributed by atoms with van der Waals surface area (Å²) in [6.45, 7) is 39.6. The highest BCUT2D eigenvalue weighted by Gasteiger charge is 2.35. The van der Waals surface area contributed by atoms with E-state index in [0.717, 1.165) is 61.3 Å². The van der Waals surface area contributed by atoms with Crippen LogP contribution in [0.2, 0.25) is 0 Å². The van der Waals surface area contributed by atoms with E-state index in [4.69, 9.17) is 0 Å². The molecule has 3 rings (SSSR count). The molecule has 1 heterocycles. The molecule has 2 unspecified atom stereocenters. The van der Waals surface area contributed by atoms with Gasteiger partial charge >= 0.3 is 0 Å². The summed E-state index contributed by atoms with van der Waals surface area (Å²) in [7, 11) is 0. The lowest BCUT2D eigenvalue weighted by Gasteiger charge is -2.45. The molecule has 1 fully saturated rings. The smallest absolute Gasteiger partial charge is 0.122 e. The van der Waals surface area contributed by atoms with Crippen molar-refractivity contribution in [2.75, 3.05) is 13.1 Å². The highest BCUT2D eigenvalue weighted by Crippen LogP contribution is 2.44. The van der Waals surface area contributed by atoms with Crippen molar-refractivity contribution in [3.8, 4) is 11.5 Å². The van der Waals surface area contributed by atoms with Gasteiger partial charge in [0.15, 0.2) is 0 Å². The number of hydrogen-bond acceptors (Lipinski definition) is 4. The van der Waals surface area contributed by atoms with E-state index in [9.17, 15) is 10.2 Å². The SMILES string of the molecule is Cc1cc(C(C)(C)CC(C)(C)C)c(O)c(C)c1CN1CC(C)N(Cc2c(C)cc(C(C)(C)CC(C)(C)C)c(O)c2C)CC1C. The minimum atomic E-state index is -0.102. The molecule has 2 aromatic rings. The predicted octanol–water partition coefficient (Wildman–Crippen LogP) is 9.85. The van der Waals surface area contributed by atoms with E-state index in [1.807, 2.05) is 0 Å². The van der Waals surface area contributed by atoms with Crippen LogP contribution in [0, 0.1) is 38.5 Å². The Morgan fingerprint density at radius 2 is 0.886 bits per heavy atom. The van der Waals surface area contributed by atoms with Crippen LogP contribution in [0.4, 0.5) is 0 Å². The van der Waals surface area contributed by atoms with Crippen LogP contribution in [0.5, 0.6) is 11.5 Å². The molecule has 44 heavy (non-hydrogen) atoms. The number of benzene rings is 2. The number of aromatic hydroxyl groups is 2. The van der Waals surface area contributed by atoms with Crippen LogP contribution in [0.15, 0.2) is 12.1 Å². The van der Waals surface area contributed by atoms with Crippen LogP contribution in [-0.4, -0.2) is 45.2 Å². The molecule has 1 aliphatic heterocycles. The van der Waals surface area contributed by atoms with Crippen LogP contribution in [-0.2, 0) is 23.9 Å². The molecule has 0 aliphatic carbocycles. The van der Waals surface area contributed by atoms with E-state index in [0.29, 0.717) is 23.6 Å². The highest BCUT2D eigenvalue weighted by molar-refractivity contribution is 5.53. The van der Waals surface area contributed by atoms with Gasteiger partial charge in [-0.25, -0.2) is 0 Å². The minimum absolute atomic E-state index is 0.102. The Bertz CT molecular complexity index is 1240. The van der Waals surface area contributed by atoms with Crippen LogP contribution in [0.1, 0.15) is 140 Å². The molecule has 0 bridgehead atoms. The number of rotatable bonds is 8. The van der Waals surface area contributed by atoms with E-state index in [2.05, 4.69) is 133 Å². The molecule has 0 amide bonds. The largest absolute Gasteiger partial charge is 0.507 e.